The van der Waals surface area contributed by atoms with Gasteiger partial charge in [0.1, 0.15) is 51.0 Å². The Bertz CT molecular complexity index is 1540. The second-order valence-corrected chi connectivity index (χ2v) is 8.72. The molecule has 38 heavy (non-hydrogen) atoms. The predicted octanol–water partition coefficient (Wildman–Crippen LogP) is 5.66. The maximum absolute atomic E-state index is 12.4. The van der Waals surface area contributed by atoms with Gasteiger partial charge in [0.05, 0.1) is 14.2 Å². The fourth-order valence-corrected chi connectivity index (χ4v) is 3.78. The minimum atomic E-state index is -0.310. The number of hydrogen-bond donors (Lipinski definition) is 3. The van der Waals surface area contributed by atoms with E-state index in [1.807, 2.05) is 26.0 Å². The number of rotatable bonds is 6. The molecule has 3 N–H and O–H groups in total. The molecule has 0 spiro atoms. The number of hydrogen-bond acceptors (Lipinski definition) is 8. The van der Waals surface area contributed by atoms with E-state index in [9.17, 15) is 24.9 Å². The van der Waals surface area contributed by atoms with Gasteiger partial charge in [0.15, 0.2) is 5.43 Å². The van der Waals surface area contributed by atoms with Crippen LogP contribution in [0.25, 0.3) is 11.0 Å². The Morgan fingerprint density at radius 2 is 1.63 bits per heavy atom. The summed E-state index contributed by atoms with van der Waals surface area (Å²) in [6.45, 7) is 5.49. The summed E-state index contributed by atoms with van der Waals surface area (Å²) in [5.41, 5.74) is 1.91. The molecule has 3 aromatic carbocycles. The number of ketones is 1. The molecule has 0 aliphatic rings. The highest BCUT2D eigenvalue weighted by molar-refractivity contribution is 6.12. The van der Waals surface area contributed by atoms with Crippen LogP contribution < -0.4 is 14.9 Å². The van der Waals surface area contributed by atoms with E-state index in [2.05, 4.69) is 0 Å². The van der Waals surface area contributed by atoms with E-state index >= 15 is 0 Å². The van der Waals surface area contributed by atoms with E-state index in [-0.39, 0.29) is 50.7 Å². The maximum atomic E-state index is 12.4. The van der Waals surface area contributed by atoms with Gasteiger partial charge in [0.25, 0.3) is 0 Å². The Labute approximate surface area is 220 Å². The highest BCUT2D eigenvalue weighted by Gasteiger charge is 2.20. The highest BCUT2D eigenvalue weighted by Crippen LogP contribution is 2.36. The van der Waals surface area contributed by atoms with Crippen LogP contribution in [0, 0.1) is 6.92 Å². The summed E-state index contributed by atoms with van der Waals surface area (Å²) in [6, 6.07) is 14.4. The van der Waals surface area contributed by atoms with E-state index in [0.717, 1.165) is 5.57 Å². The quantitative estimate of drug-likeness (QED) is 0.220. The second-order valence-electron chi connectivity index (χ2n) is 8.72. The molecule has 4 aromatic rings. The zero-order valence-electron chi connectivity index (χ0n) is 21.9. The van der Waals surface area contributed by atoms with Gasteiger partial charge < -0.3 is 29.2 Å². The number of methoxy groups -OCH3 is 2. The van der Waals surface area contributed by atoms with Gasteiger partial charge >= 0.3 is 0 Å². The third-order valence-electron chi connectivity index (χ3n) is 5.69. The largest absolute Gasteiger partial charge is 0.507 e. The van der Waals surface area contributed by atoms with Crippen molar-refractivity contribution in [2.24, 2.45) is 0 Å². The van der Waals surface area contributed by atoms with Crippen molar-refractivity contribution >= 4 is 16.8 Å². The summed E-state index contributed by atoms with van der Waals surface area (Å²) < 4.78 is 15.5. The number of carbonyl (C=O) groups is 1. The van der Waals surface area contributed by atoms with Crippen LogP contribution in [0.3, 0.4) is 0 Å². The minimum absolute atomic E-state index is 0.0729. The summed E-state index contributed by atoms with van der Waals surface area (Å²) in [7, 11) is 2.92. The van der Waals surface area contributed by atoms with E-state index in [0.29, 0.717) is 29.1 Å². The molecular weight excluding hydrogens is 488 g/mol. The lowest BCUT2D eigenvalue weighted by atomic mass is 10.0. The summed E-state index contributed by atoms with van der Waals surface area (Å²) in [5.74, 6) is 0.415. The van der Waals surface area contributed by atoms with Gasteiger partial charge in [-0.05, 0) is 27.2 Å². The van der Waals surface area contributed by atoms with Crippen molar-refractivity contribution in [3.63, 3.8) is 0 Å². The van der Waals surface area contributed by atoms with Gasteiger partial charge in [-0.1, -0.05) is 42.0 Å². The van der Waals surface area contributed by atoms with Gasteiger partial charge in [0, 0.05) is 35.4 Å². The summed E-state index contributed by atoms with van der Waals surface area (Å²) in [4.78, 5) is 24.3. The Hall–Kier alpha value is -4.72. The second kappa shape index (κ2) is 12.0. The lowest BCUT2D eigenvalue weighted by molar-refractivity contribution is 0.103. The molecule has 0 radical (unpaired) electrons. The average Bonchev–Trinajstić information content (AvgIpc) is 2.87. The molecular formula is C30H30O8. The summed E-state index contributed by atoms with van der Waals surface area (Å²) >= 11 is 0. The Kier molecular flexibility index (Phi) is 8.81. The number of phenols is 3. The number of ether oxygens (including phenoxy) is 2. The third-order valence-corrected chi connectivity index (χ3v) is 5.69. The van der Waals surface area contributed by atoms with Crippen LogP contribution in [-0.2, 0) is 6.42 Å². The van der Waals surface area contributed by atoms with Crippen LogP contribution in [0.2, 0.25) is 0 Å². The lowest BCUT2D eigenvalue weighted by Gasteiger charge is -2.11. The van der Waals surface area contributed by atoms with Crippen LogP contribution in [0.1, 0.15) is 41.1 Å². The molecule has 1 aromatic heterocycles. The lowest BCUT2D eigenvalue weighted by Crippen LogP contribution is -2.04. The van der Waals surface area contributed by atoms with Gasteiger partial charge in [-0.15, -0.1) is 0 Å². The molecule has 0 saturated carbocycles. The van der Waals surface area contributed by atoms with Crippen LogP contribution in [0.15, 0.2) is 75.5 Å². The molecule has 0 saturated heterocycles. The molecule has 0 aliphatic carbocycles. The van der Waals surface area contributed by atoms with Gasteiger partial charge in [-0.2, -0.15) is 0 Å². The van der Waals surface area contributed by atoms with Crippen LogP contribution in [0.4, 0.5) is 0 Å². The fourth-order valence-electron chi connectivity index (χ4n) is 3.78. The zero-order chi connectivity index (χ0) is 28.0. The van der Waals surface area contributed by atoms with Crippen molar-refractivity contribution in [1.82, 2.24) is 0 Å². The molecule has 0 fully saturated rings. The SMILES string of the molecule is CC(C)=CCc1c(O)cc2oc(C)cc(=O)c2c1O.COc1cc(O)c(C(=O)c2ccccc2)c(OC)c1. The van der Waals surface area contributed by atoms with Crippen molar-refractivity contribution in [2.75, 3.05) is 14.2 Å². The van der Waals surface area contributed by atoms with E-state index < -0.39 is 0 Å². The predicted molar refractivity (Wildman–Crippen MR) is 145 cm³/mol. The van der Waals surface area contributed by atoms with Crippen molar-refractivity contribution in [2.45, 2.75) is 27.2 Å². The monoisotopic (exact) mass is 518 g/mol. The molecule has 0 unspecified atom stereocenters. The Morgan fingerprint density at radius 3 is 2.24 bits per heavy atom. The summed E-state index contributed by atoms with van der Waals surface area (Å²) in [5, 5.41) is 30.2. The number of fused-ring (bicyclic) bond motifs is 1. The number of aryl methyl sites for hydroxylation is 1. The Morgan fingerprint density at radius 1 is 0.947 bits per heavy atom. The normalized spacial score (nSPS) is 10.3. The van der Waals surface area contributed by atoms with Crippen LogP contribution in [-0.4, -0.2) is 35.3 Å². The van der Waals surface area contributed by atoms with E-state index in [1.165, 1.54) is 32.4 Å². The number of carbonyl (C=O) groups excluding carboxylic acids is 1. The maximum Gasteiger partial charge on any atom is 0.200 e. The third kappa shape index (κ3) is 6.15. The Balaban J connectivity index is 0.000000211. The van der Waals surface area contributed by atoms with Crippen molar-refractivity contribution in [3.05, 3.63) is 98.9 Å². The minimum Gasteiger partial charge on any atom is -0.507 e. The molecule has 1 heterocycles. The highest BCUT2D eigenvalue weighted by atomic mass is 16.5. The number of phenolic OH excluding ortho intramolecular Hbond substituents is 3. The first-order chi connectivity index (χ1) is 18.1. The number of benzene rings is 3. The molecule has 8 heteroatoms. The first-order valence-corrected chi connectivity index (χ1v) is 11.7. The van der Waals surface area contributed by atoms with Crippen molar-refractivity contribution in [3.8, 4) is 28.7 Å². The smallest absolute Gasteiger partial charge is 0.200 e. The number of allylic oxidation sites excluding steroid dienone is 2. The van der Waals surface area contributed by atoms with Crippen molar-refractivity contribution in [1.29, 1.82) is 0 Å². The number of aromatic hydroxyl groups is 3. The molecule has 0 bridgehead atoms. The standard InChI is InChI=1S/C15H16O4.C15H14O4/c1-8(2)4-5-10-11(16)7-13-14(15(10)18)12(17)6-9(3)19-13;1-18-11-8-12(16)14(13(9-11)19-2)15(17)10-6-4-3-5-7-10/h4,6-7,16,18H,5H2,1-3H3;3-9,16H,1-2H3. The zero-order valence-corrected chi connectivity index (χ0v) is 21.9. The molecule has 198 valence electrons. The fraction of sp³-hybridized carbons (Fsp3) is 0.200. The molecule has 8 nitrogen and oxygen atoms in total. The van der Waals surface area contributed by atoms with Gasteiger partial charge in [-0.25, -0.2) is 0 Å². The van der Waals surface area contributed by atoms with E-state index in [4.69, 9.17) is 13.9 Å². The van der Waals surface area contributed by atoms with Gasteiger partial charge in [-0.3, -0.25) is 9.59 Å². The average molecular weight is 519 g/mol. The van der Waals surface area contributed by atoms with Crippen molar-refractivity contribution < 1.29 is 34.0 Å². The first kappa shape index (κ1) is 27.9. The first-order valence-electron chi connectivity index (χ1n) is 11.7. The molecule has 0 atom stereocenters. The van der Waals surface area contributed by atoms with Crippen LogP contribution >= 0.6 is 0 Å². The van der Waals surface area contributed by atoms with E-state index in [1.54, 1.807) is 37.3 Å². The van der Waals surface area contributed by atoms with Crippen LogP contribution in [0.5, 0.6) is 28.7 Å². The molecule has 4 rings (SSSR count). The molecule has 0 amide bonds. The molecule has 0 aliphatic heterocycles. The summed E-state index contributed by atoms with van der Waals surface area (Å²) in [6.07, 6.45) is 2.24. The topological polar surface area (TPSA) is 126 Å². The van der Waals surface area contributed by atoms with Gasteiger partial charge in [0.2, 0.25) is 5.78 Å².